The predicted molar refractivity (Wildman–Crippen MR) is 136 cm³/mol. The van der Waals surface area contributed by atoms with Gasteiger partial charge in [-0.2, -0.15) is 0 Å². The van der Waals surface area contributed by atoms with E-state index in [1.165, 1.54) is 66.0 Å². The highest BCUT2D eigenvalue weighted by molar-refractivity contribution is 6.04. The number of piperidine rings is 1. The van der Waals surface area contributed by atoms with E-state index in [1.54, 1.807) is 0 Å². The Labute approximate surface area is 192 Å². The zero-order valence-electron chi connectivity index (χ0n) is 19.2. The molecule has 0 spiro atoms. The van der Waals surface area contributed by atoms with Gasteiger partial charge in [-0.05, 0) is 60.0 Å². The van der Waals surface area contributed by atoms with Crippen LogP contribution >= 0.6 is 0 Å². The fourth-order valence-electron chi connectivity index (χ4n) is 5.00. The molecule has 0 N–H and O–H groups in total. The van der Waals surface area contributed by atoms with Gasteiger partial charge in [0.05, 0.1) is 0 Å². The average Bonchev–Trinajstić information content (AvgIpc) is 2.87. The van der Waals surface area contributed by atoms with E-state index in [1.807, 2.05) is 0 Å². The molecule has 32 heavy (non-hydrogen) atoms. The molecule has 0 radical (unpaired) electrons. The lowest BCUT2D eigenvalue weighted by molar-refractivity contribution is -0.535. The van der Waals surface area contributed by atoms with Gasteiger partial charge >= 0.3 is 0 Å². The number of hydrogen-bond donors (Lipinski definition) is 0. The third-order valence-electron chi connectivity index (χ3n) is 6.96. The molecule has 3 nitrogen and oxygen atoms in total. The van der Waals surface area contributed by atoms with Gasteiger partial charge in [0, 0.05) is 56.9 Å². The third kappa shape index (κ3) is 4.63. The summed E-state index contributed by atoms with van der Waals surface area (Å²) in [4.78, 5) is 4.90. The summed E-state index contributed by atoms with van der Waals surface area (Å²) in [7, 11) is 2.21. The van der Waals surface area contributed by atoms with Gasteiger partial charge in [-0.1, -0.05) is 42.5 Å². The first kappa shape index (κ1) is 21.0. The normalized spacial score (nSPS) is 19.5. The highest BCUT2D eigenvalue weighted by Crippen LogP contribution is 2.31. The highest BCUT2D eigenvalue weighted by atomic mass is 15.2. The Morgan fingerprint density at radius 1 is 0.688 bits per heavy atom. The van der Waals surface area contributed by atoms with Crippen LogP contribution in [0.25, 0.3) is 5.57 Å². The number of allylic oxidation sites excluding steroid dienone is 5. The van der Waals surface area contributed by atoms with Crippen LogP contribution in [0.2, 0.25) is 0 Å². The number of benzene rings is 2. The van der Waals surface area contributed by atoms with Gasteiger partial charge < -0.3 is 9.80 Å². The minimum absolute atomic E-state index is 1.10. The van der Waals surface area contributed by atoms with E-state index >= 15 is 0 Å². The van der Waals surface area contributed by atoms with Crippen LogP contribution in [-0.2, 0) is 0 Å². The predicted octanol–water partition coefficient (Wildman–Crippen LogP) is 5.00. The van der Waals surface area contributed by atoms with Crippen molar-refractivity contribution >= 4 is 17.0 Å². The molecule has 0 bridgehead atoms. The lowest BCUT2D eigenvalue weighted by Crippen LogP contribution is -2.44. The molecule has 0 saturated carbocycles. The van der Waals surface area contributed by atoms with Crippen LogP contribution in [0.5, 0.6) is 0 Å². The topological polar surface area (TPSA) is 9.49 Å². The Kier molecular flexibility index (Phi) is 6.36. The molecule has 2 aromatic carbocycles. The first-order chi connectivity index (χ1) is 15.8. The largest absolute Gasteiger partial charge is 0.369 e. The molecule has 2 fully saturated rings. The van der Waals surface area contributed by atoms with Crippen LogP contribution in [0.4, 0.5) is 5.69 Å². The smallest absolute Gasteiger partial charge is 0.199 e. The second-order valence-electron chi connectivity index (χ2n) is 9.17. The Hall–Kier alpha value is -2.91. The molecule has 5 rings (SSSR count). The first-order valence-electron chi connectivity index (χ1n) is 12.1. The lowest BCUT2D eigenvalue weighted by atomic mass is 9.90. The minimum Gasteiger partial charge on any atom is -0.369 e. The van der Waals surface area contributed by atoms with Crippen molar-refractivity contribution in [3.8, 4) is 0 Å². The Balaban J connectivity index is 1.47. The molecular weight excluding hydrogens is 390 g/mol. The van der Waals surface area contributed by atoms with E-state index in [4.69, 9.17) is 0 Å². The summed E-state index contributed by atoms with van der Waals surface area (Å²) in [6.45, 7) is 6.83. The molecule has 0 unspecified atom stereocenters. The van der Waals surface area contributed by atoms with E-state index in [0.29, 0.717) is 0 Å². The minimum atomic E-state index is 1.10. The van der Waals surface area contributed by atoms with Crippen molar-refractivity contribution in [2.45, 2.75) is 19.3 Å². The molecule has 1 aliphatic carbocycles. The summed E-state index contributed by atoms with van der Waals surface area (Å²) in [6, 6.07) is 20.0. The Morgan fingerprint density at radius 2 is 1.31 bits per heavy atom. The molecule has 2 aliphatic heterocycles. The fraction of sp³-hybridized carbons (Fsp3) is 0.345. The number of likely N-dealkylation sites (N-methyl/N-ethyl adjacent to an activating group) is 1. The molecule has 3 heteroatoms. The number of nitrogens with zero attached hydrogens (tertiary/aromatic N) is 3. The zero-order valence-corrected chi connectivity index (χ0v) is 19.2. The van der Waals surface area contributed by atoms with Gasteiger partial charge in [-0.3, -0.25) is 0 Å². The average molecular weight is 425 g/mol. The van der Waals surface area contributed by atoms with E-state index in [0.717, 1.165) is 26.2 Å². The van der Waals surface area contributed by atoms with E-state index in [-0.39, 0.29) is 0 Å². The summed E-state index contributed by atoms with van der Waals surface area (Å²) in [5.74, 6) is 0. The van der Waals surface area contributed by atoms with Gasteiger partial charge in [0.15, 0.2) is 5.71 Å². The maximum Gasteiger partial charge on any atom is 0.199 e. The molecule has 0 aromatic heterocycles. The number of piperazine rings is 1. The van der Waals surface area contributed by atoms with Crippen molar-refractivity contribution in [3.05, 3.63) is 95.6 Å². The quantitative estimate of drug-likeness (QED) is 0.641. The number of anilines is 1. The van der Waals surface area contributed by atoms with Gasteiger partial charge in [0.25, 0.3) is 0 Å². The van der Waals surface area contributed by atoms with Gasteiger partial charge in [0.2, 0.25) is 0 Å². The number of hydrogen-bond acceptors (Lipinski definition) is 2. The second kappa shape index (κ2) is 9.70. The highest BCUT2D eigenvalue weighted by Gasteiger charge is 2.18. The van der Waals surface area contributed by atoms with Crippen LogP contribution in [0, 0.1) is 0 Å². The fourth-order valence-corrected chi connectivity index (χ4v) is 5.00. The molecule has 2 saturated heterocycles. The standard InChI is InChI=1S/C29H34N3/c1-30-20-22-32(23-21-30)28-16-12-26(13-17-28)29(24-8-4-2-5-9-24)25-10-14-27(15-11-25)31-18-6-3-7-19-31/h2,4-5,8-17H,3,6-7,18-23H2,1H3/q+1. The van der Waals surface area contributed by atoms with Gasteiger partial charge in [-0.25, -0.2) is 4.58 Å². The summed E-state index contributed by atoms with van der Waals surface area (Å²) in [5.41, 5.74) is 7.82. The van der Waals surface area contributed by atoms with Crippen LogP contribution in [0.3, 0.4) is 0 Å². The maximum atomic E-state index is 2.53. The Bertz CT molecular complexity index is 1020. The van der Waals surface area contributed by atoms with Crippen molar-refractivity contribution < 1.29 is 4.58 Å². The van der Waals surface area contributed by atoms with Gasteiger partial charge in [0.1, 0.15) is 13.1 Å². The van der Waals surface area contributed by atoms with E-state index in [9.17, 15) is 0 Å². The Morgan fingerprint density at radius 3 is 1.97 bits per heavy atom. The third-order valence-corrected chi connectivity index (χ3v) is 6.96. The van der Waals surface area contributed by atoms with Crippen molar-refractivity contribution in [3.63, 3.8) is 0 Å². The molecule has 2 aromatic rings. The molecule has 0 amide bonds. The van der Waals surface area contributed by atoms with Crippen molar-refractivity contribution in [2.24, 2.45) is 0 Å². The molecule has 0 atom stereocenters. The summed E-state index contributed by atoms with van der Waals surface area (Å²) >= 11 is 0. The summed E-state index contributed by atoms with van der Waals surface area (Å²) < 4.78 is 2.53. The van der Waals surface area contributed by atoms with E-state index < -0.39 is 0 Å². The molecular formula is C29H34N3+. The van der Waals surface area contributed by atoms with Crippen molar-refractivity contribution in [1.29, 1.82) is 0 Å². The monoisotopic (exact) mass is 424 g/mol. The summed E-state index contributed by atoms with van der Waals surface area (Å²) in [5, 5.41) is 0. The molecule has 2 heterocycles. The van der Waals surface area contributed by atoms with Gasteiger partial charge in [-0.15, -0.1) is 0 Å². The lowest BCUT2D eigenvalue weighted by Gasteiger charge is -2.34. The zero-order chi connectivity index (χ0) is 21.8. The van der Waals surface area contributed by atoms with E-state index in [2.05, 4.69) is 100 Å². The summed E-state index contributed by atoms with van der Waals surface area (Å²) in [6.07, 6.45) is 13.2. The van der Waals surface area contributed by atoms with Crippen LogP contribution < -0.4 is 4.90 Å². The molecule has 3 aliphatic rings. The first-order valence-corrected chi connectivity index (χ1v) is 12.1. The van der Waals surface area contributed by atoms with Crippen LogP contribution in [-0.4, -0.2) is 61.5 Å². The number of rotatable bonds is 3. The SMILES string of the molecule is CN1CCN(c2ccc(C(=C3C=CC(=[N+]4CCCCC4)C=C3)c3ccccc3)cc2)CC1. The maximum absolute atomic E-state index is 2.53. The van der Waals surface area contributed by atoms with Crippen LogP contribution in [0.15, 0.2) is 84.5 Å². The van der Waals surface area contributed by atoms with Crippen molar-refractivity contribution in [2.75, 3.05) is 51.2 Å². The second-order valence-corrected chi connectivity index (χ2v) is 9.17. The molecule has 164 valence electrons. The van der Waals surface area contributed by atoms with Crippen LogP contribution in [0.1, 0.15) is 30.4 Å². The van der Waals surface area contributed by atoms with Crippen molar-refractivity contribution in [1.82, 2.24) is 4.90 Å².